The number of aromatic nitrogens is 1. The van der Waals surface area contributed by atoms with E-state index in [2.05, 4.69) is 50.1 Å². The van der Waals surface area contributed by atoms with Crippen molar-refractivity contribution in [3.63, 3.8) is 0 Å². The first-order chi connectivity index (χ1) is 8.02. The molecule has 0 saturated carbocycles. The van der Waals surface area contributed by atoms with Gasteiger partial charge in [0, 0.05) is 24.7 Å². The molecule has 0 saturated heterocycles. The van der Waals surface area contributed by atoms with Crippen LogP contribution in [0.5, 0.6) is 0 Å². The van der Waals surface area contributed by atoms with E-state index in [4.69, 9.17) is 4.52 Å². The van der Waals surface area contributed by atoms with Crippen LogP contribution in [0.4, 0.5) is 0 Å². The monoisotopic (exact) mass is 239 g/mol. The summed E-state index contributed by atoms with van der Waals surface area (Å²) in [6, 6.07) is 3.07. The number of rotatable bonds is 7. The van der Waals surface area contributed by atoms with Gasteiger partial charge in [0.25, 0.3) is 0 Å². The third-order valence-corrected chi connectivity index (χ3v) is 3.05. The summed E-state index contributed by atoms with van der Waals surface area (Å²) in [4.78, 5) is 2.28. The number of hydrogen-bond donors (Lipinski definition) is 1. The molecule has 4 heteroatoms. The summed E-state index contributed by atoms with van der Waals surface area (Å²) < 4.78 is 5.33. The zero-order valence-corrected chi connectivity index (χ0v) is 11.7. The van der Waals surface area contributed by atoms with Crippen molar-refractivity contribution in [1.29, 1.82) is 0 Å². The Balaban J connectivity index is 2.45. The molecule has 0 aliphatic heterocycles. The van der Waals surface area contributed by atoms with Gasteiger partial charge in [0.2, 0.25) is 0 Å². The number of hydrogen-bond acceptors (Lipinski definition) is 4. The van der Waals surface area contributed by atoms with Crippen LogP contribution in [-0.4, -0.2) is 29.2 Å². The summed E-state index contributed by atoms with van der Waals surface area (Å²) in [6.45, 7) is 10.3. The summed E-state index contributed by atoms with van der Waals surface area (Å²) in [6.07, 6.45) is 1.15. The highest BCUT2D eigenvalue weighted by atomic mass is 16.5. The smallest absolute Gasteiger partial charge is 0.151 e. The standard InChI is InChI=1S/C13H25N3O/c1-6-11(4)16(5)9-13-7-12(15-17-13)8-14-10(2)3/h7,10-11,14H,6,8-9H2,1-5H3. The molecule has 0 bridgehead atoms. The highest BCUT2D eigenvalue weighted by molar-refractivity contribution is 5.05. The van der Waals surface area contributed by atoms with Crippen molar-refractivity contribution in [3.8, 4) is 0 Å². The molecule has 0 aromatic carbocycles. The van der Waals surface area contributed by atoms with Gasteiger partial charge in [-0.15, -0.1) is 0 Å². The maximum absolute atomic E-state index is 5.33. The summed E-state index contributed by atoms with van der Waals surface area (Å²) in [5.74, 6) is 0.938. The Labute approximate surface area is 104 Å². The molecule has 1 heterocycles. The van der Waals surface area contributed by atoms with Crippen molar-refractivity contribution in [3.05, 3.63) is 17.5 Å². The number of nitrogens with zero attached hydrogens (tertiary/aromatic N) is 2. The topological polar surface area (TPSA) is 41.3 Å². The fourth-order valence-corrected chi connectivity index (χ4v) is 1.54. The first-order valence-corrected chi connectivity index (χ1v) is 6.41. The maximum Gasteiger partial charge on any atom is 0.151 e. The van der Waals surface area contributed by atoms with Crippen molar-refractivity contribution in [2.75, 3.05) is 7.05 Å². The van der Waals surface area contributed by atoms with Crippen LogP contribution in [0.3, 0.4) is 0 Å². The van der Waals surface area contributed by atoms with Crippen LogP contribution in [0.1, 0.15) is 45.6 Å². The largest absolute Gasteiger partial charge is 0.360 e. The quantitative estimate of drug-likeness (QED) is 0.793. The minimum atomic E-state index is 0.470. The molecule has 4 nitrogen and oxygen atoms in total. The van der Waals surface area contributed by atoms with E-state index in [0.29, 0.717) is 12.1 Å². The molecular weight excluding hydrogens is 214 g/mol. The van der Waals surface area contributed by atoms with Gasteiger partial charge in [-0.2, -0.15) is 0 Å². The van der Waals surface area contributed by atoms with Crippen LogP contribution in [0.15, 0.2) is 10.6 Å². The van der Waals surface area contributed by atoms with E-state index < -0.39 is 0 Å². The van der Waals surface area contributed by atoms with E-state index in [1.54, 1.807) is 0 Å². The van der Waals surface area contributed by atoms with Gasteiger partial charge in [0.15, 0.2) is 5.76 Å². The van der Waals surface area contributed by atoms with Gasteiger partial charge in [-0.25, -0.2) is 0 Å². The van der Waals surface area contributed by atoms with Crippen LogP contribution in [0.2, 0.25) is 0 Å². The lowest BCUT2D eigenvalue weighted by Gasteiger charge is -2.21. The second-order valence-corrected chi connectivity index (χ2v) is 4.99. The first-order valence-electron chi connectivity index (χ1n) is 6.41. The zero-order valence-electron chi connectivity index (χ0n) is 11.7. The van der Waals surface area contributed by atoms with Gasteiger partial charge >= 0.3 is 0 Å². The van der Waals surface area contributed by atoms with E-state index in [1.165, 1.54) is 0 Å². The minimum Gasteiger partial charge on any atom is -0.360 e. The molecule has 1 aromatic rings. The van der Waals surface area contributed by atoms with E-state index in [0.717, 1.165) is 31.0 Å². The molecule has 1 atom stereocenters. The van der Waals surface area contributed by atoms with Crippen molar-refractivity contribution in [1.82, 2.24) is 15.4 Å². The van der Waals surface area contributed by atoms with Crippen molar-refractivity contribution < 1.29 is 4.52 Å². The molecule has 0 aliphatic rings. The molecule has 17 heavy (non-hydrogen) atoms. The van der Waals surface area contributed by atoms with E-state index in [-0.39, 0.29) is 0 Å². The summed E-state index contributed by atoms with van der Waals surface area (Å²) >= 11 is 0. The van der Waals surface area contributed by atoms with Crippen LogP contribution in [0, 0.1) is 0 Å². The zero-order chi connectivity index (χ0) is 12.8. The van der Waals surface area contributed by atoms with E-state index in [9.17, 15) is 0 Å². The molecule has 98 valence electrons. The molecule has 0 radical (unpaired) electrons. The van der Waals surface area contributed by atoms with Gasteiger partial charge in [0.1, 0.15) is 0 Å². The Bertz CT molecular complexity index is 322. The minimum absolute atomic E-state index is 0.470. The van der Waals surface area contributed by atoms with Crippen molar-refractivity contribution in [2.45, 2.75) is 59.3 Å². The molecule has 0 fully saturated rings. The predicted molar refractivity (Wildman–Crippen MR) is 69.7 cm³/mol. The van der Waals surface area contributed by atoms with E-state index >= 15 is 0 Å². The van der Waals surface area contributed by atoms with Gasteiger partial charge in [-0.1, -0.05) is 25.9 Å². The molecule has 0 aliphatic carbocycles. The second-order valence-electron chi connectivity index (χ2n) is 4.99. The highest BCUT2D eigenvalue weighted by Gasteiger charge is 2.11. The van der Waals surface area contributed by atoms with Gasteiger partial charge in [0.05, 0.1) is 12.2 Å². The Morgan fingerprint density at radius 2 is 2.12 bits per heavy atom. The third kappa shape index (κ3) is 4.88. The third-order valence-electron chi connectivity index (χ3n) is 3.05. The maximum atomic E-state index is 5.33. The lowest BCUT2D eigenvalue weighted by Crippen LogP contribution is -2.27. The van der Waals surface area contributed by atoms with Crippen LogP contribution in [-0.2, 0) is 13.1 Å². The van der Waals surface area contributed by atoms with E-state index in [1.807, 2.05) is 6.07 Å². The molecular formula is C13H25N3O. The molecule has 0 spiro atoms. The predicted octanol–water partition coefficient (Wildman–Crippen LogP) is 2.40. The average molecular weight is 239 g/mol. The van der Waals surface area contributed by atoms with Crippen LogP contribution >= 0.6 is 0 Å². The Kier molecular flexibility index (Phi) is 5.65. The molecule has 1 aromatic heterocycles. The fourth-order valence-electron chi connectivity index (χ4n) is 1.54. The number of nitrogens with one attached hydrogen (secondary N) is 1. The SMILES string of the molecule is CCC(C)N(C)Cc1cc(CNC(C)C)no1. The fraction of sp³-hybridized carbons (Fsp3) is 0.769. The lowest BCUT2D eigenvalue weighted by atomic mass is 10.2. The molecule has 1 unspecified atom stereocenters. The van der Waals surface area contributed by atoms with Crippen molar-refractivity contribution >= 4 is 0 Å². The Morgan fingerprint density at radius 1 is 1.41 bits per heavy atom. The molecule has 0 amide bonds. The van der Waals surface area contributed by atoms with Gasteiger partial charge in [-0.3, -0.25) is 4.90 Å². The first kappa shape index (κ1) is 14.2. The summed E-state index contributed by atoms with van der Waals surface area (Å²) in [5.41, 5.74) is 0.978. The molecule has 1 N–H and O–H groups in total. The van der Waals surface area contributed by atoms with Crippen molar-refractivity contribution in [2.24, 2.45) is 0 Å². The Hall–Kier alpha value is -0.870. The van der Waals surface area contributed by atoms with Crippen LogP contribution < -0.4 is 5.32 Å². The summed E-state index contributed by atoms with van der Waals surface area (Å²) in [5, 5.41) is 7.39. The summed E-state index contributed by atoms with van der Waals surface area (Å²) in [7, 11) is 2.11. The van der Waals surface area contributed by atoms with Gasteiger partial charge in [-0.05, 0) is 20.4 Å². The lowest BCUT2D eigenvalue weighted by molar-refractivity contribution is 0.214. The normalized spacial score (nSPS) is 13.6. The Morgan fingerprint density at radius 3 is 2.71 bits per heavy atom. The van der Waals surface area contributed by atoms with Gasteiger partial charge < -0.3 is 9.84 Å². The molecule has 1 rings (SSSR count). The average Bonchev–Trinajstić information content (AvgIpc) is 2.73. The second kappa shape index (κ2) is 6.77. The van der Waals surface area contributed by atoms with Crippen LogP contribution in [0.25, 0.3) is 0 Å². The highest BCUT2D eigenvalue weighted by Crippen LogP contribution is 2.10.